The highest BCUT2D eigenvalue weighted by Crippen LogP contribution is 2.17. The van der Waals surface area contributed by atoms with Crippen LogP contribution in [-0.2, 0) is 28.6 Å². The van der Waals surface area contributed by atoms with E-state index in [1.165, 1.54) is 193 Å². The molecule has 444 valence electrons. The molecule has 0 spiro atoms. The molecule has 0 saturated heterocycles. The van der Waals surface area contributed by atoms with Gasteiger partial charge in [0.25, 0.3) is 0 Å². The Morgan fingerprint density at radius 3 is 0.818 bits per heavy atom. The van der Waals surface area contributed by atoms with Crippen molar-refractivity contribution in [3.8, 4) is 0 Å². The molecular formula is C71H124O6. The van der Waals surface area contributed by atoms with E-state index in [2.05, 4.69) is 106 Å². The van der Waals surface area contributed by atoms with E-state index in [1.807, 2.05) is 0 Å². The van der Waals surface area contributed by atoms with Crippen LogP contribution in [-0.4, -0.2) is 37.2 Å². The molecule has 0 N–H and O–H groups in total. The van der Waals surface area contributed by atoms with E-state index in [0.717, 1.165) is 96.3 Å². The van der Waals surface area contributed by atoms with E-state index in [-0.39, 0.29) is 31.1 Å². The minimum atomic E-state index is -0.777. The normalized spacial score (nSPS) is 12.6. The first-order chi connectivity index (χ1) is 38.0. The number of carbonyl (C=O) groups excluding carboxylic acids is 3. The van der Waals surface area contributed by atoms with Crippen LogP contribution < -0.4 is 0 Å². The van der Waals surface area contributed by atoms with Crippen molar-refractivity contribution in [2.75, 3.05) is 13.2 Å². The Balaban J connectivity index is 4.22. The molecule has 1 atom stereocenters. The lowest BCUT2D eigenvalue weighted by Gasteiger charge is -2.18. The molecule has 0 aromatic heterocycles. The Kier molecular flexibility index (Phi) is 62.2. The number of unbranched alkanes of at least 4 members (excludes halogenated alkanes) is 35. The fourth-order valence-corrected chi connectivity index (χ4v) is 9.44. The van der Waals surface area contributed by atoms with Crippen molar-refractivity contribution >= 4 is 17.9 Å². The number of ether oxygens (including phenoxy) is 3. The second kappa shape index (κ2) is 65.1. The maximum absolute atomic E-state index is 12.9. The Labute approximate surface area is 477 Å². The van der Waals surface area contributed by atoms with E-state index in [4.69, 9.17) is 14.2 Å². The van der Waals surface area contributed by atoms with E-state index in [1.54, 1.807) is 0 Å². The summed E-state index contributed by atoms with van der Waals surface area (Å²) in [7, 11) is 0. The van der Waals surface area contributed by atoms with Crippen LogP contribution in [0.15, 0.2) is 85.1 Å². The molecule has 0 fully saturated rings. The average molecular weight is 1070 g/mol. The van der Waals surface area contributed by atoms with Gasteiger partial charge in [-0.05, 0) is 96.3 Å². The lowest BCUT2D eigenvalue weighted by molar-refractivity contribution is -0.167. The van der Waals surface area contributed by atoms with Crippen LogP contribution in [0.4, 0.5) is 0 Å². The van der Waals surface area contributed by atoms with E-state index in [9.17, 15) is 14.4 Å². The third-order valence-corrected chi connectivity index (χ3v) is 14.4. The molecule has 0 aliphatic heterocycles. The van der Waals surface area contributed by atoms with Crippen molar-refractivity contribution in [2.24, 2.45) is 0 Å². The molecular weight excluding hydrogens is 949 g/mol. The predicted molar refractivity (Wildman–Crippen MR) is 334 cm³/mol. The van der Waals surface area contributed by atoms with Crippen LogP contribution in [0.1, 0.15) is 329 Å². The van der Waals surface area contributed by atoms with Crippen molar-refractivity contribution in [1.82, 2.24) is 0 Å². The first kappa shape index (κ1) is 73.6. The van der Waals surface area contributed by atoms with E-state index >= 15 is 0 Å². The summed E-state index contributed by atoms with van der Waals surface area (Å²) in [5.41, 5.74) is 0. The number of carbonyl (C=O) groups is 3. The third-order valence-electron chi connectivity index (χ3n) is 14.4. The first-order valence-corrected chi connectivity index (χ1v) is 33.1. The van der Waals surface area contributed by atoms with Gasteiger partial charge in [-0.3, -0.25) is 14.4 Å². The van der Waals surface area contributed by atoms with Gasteiger partial charge in [0.05, 0.1) is 0 Å². The summed E-state index contributed by atoms with van der Waals surface area (Å²) in [6.45, 7) is 6.53. The molecule has 1 unspecified atom stereocenters. The SMILES string of the molecule is CC/C=C\C/C=C\C/C=C\C/C=C\C/C=C\CCCCCCCCCCCCCCCC(=O)OCC(COC(=O)CCCCCCCCCCCCC)OC(=O)CCCCCCCCCCC/C=C\C/C=C\CCCCC. The fourth-order valence-electron chi connectivity index (χ4n) is 9.44. The summed E-state index contributed by atoms with van der Waals surface area (Å²) in [5.74, 6) is -0.866. The highest BCUT2D eigenvalue weighted by Gasteiger charge is 2.19. The molecule has 0 bridgehead atoms. The van der Waals surface area contributed by atoms with Crippen LogP contribution in [0.5, 0.6) is 0 Å². The molecule has 0 saturated carbocycles. The molecule has 0 aliphatic carbocycles. The van der Waals surface area contributed by atoms with Crippen molar-refractivity contribution in [1.29, 1.82) is 0 Å². The third kappa shape index (κ3) is 63.3. The lowest BCUT2D eigenvalue weighted by Crippen LogP contribution is -2.30. The van der Waals surface area contributed by atoms with Crippen LogP contribution in [0.2, 0.25) is 0 Å². The minimum Gasteiger partial charge on any atom is -0.462 e. The van der Waals surface area contributed by atoms with Gasteiger partial charge in [0.2, 0.25) is 0 Å². The van der Waals surface area contributed by atoms with Gasteiger partial charge in [0, 0.05) is 19.3 Å². The van der Waals surface area contributed by atoms with Crippen molar-refractivity contribution in [3.05, 3.63) is 85.1 Å². The Morgan fingerprint density at radius 1 is 0.273 bits per heavy atom. The molecule has 6 heteroatoms. The zero-order valence-electron chi connectivity index (χ0n) is 51.0. The van der Waals surface area contributed by atoms with E-state index in [0.29, 0.717) is 19.3 Å². The second-order valence-electron chi connectivity index (χ2n) is 22.0. The second-order valence-corrected chi connectivity index (χ2v) is 22.0. The average Bonchev–Trinajstić information content (AvgIpc) is 3.43. The molecule has 0 radical (unpaired) electrons. The first-order valence-electron chi connectivity index (χ1n) is 33.1. The summed E-state index contributed by atoms with van der Waals surface area (Å²) in [4.78, 5) is 38.3. The largest absolute Gasteiger partial charge is 0.462 e. The maximum Gasteiger partial charge on any atom is 0.306 e. The zero-order valence-corrected chi connectivity index (χ0v) is 51.0. The number of esters is 3. The standard InChI is InChI=1S/C71H124O6/c1-4-7-10-13-16-19-22-24-26-28-30-31-32-33-34-35-36-37-38-39-41-42-44-46-49-52-55-58-61-64-70(73)76-67-68(66-75-69(72)63-60-57-54-51-48-21-18-15-12-9-6-3)77-71(74)65-62-59-56-53-50-47-45-43-40-29-27-25-23-20-17-14-11-8-5-2/h7,10,16-17,19-20,24-27,30-31,33-34,68H,4-6,8-9,11-15,18,21-23,28-29,32,35-67H2,1-3H3/b10-7-,19-16-,20-17-,26-24-,27-25-,31-30-,34-33-. The Hall–Kier alpha value is -3.41. The van der Waals surface area contributed by atoms with Gasteiger partial charge in [-0.25, -0.2) is 0 Å². The van der Waals surface area contributed by atoms with Crippen LogP contribution in [0.3, 0.4) is 0 Å². The highest BCUT2D eigenvalue weighted by molar-refractivity contribution is 5.71. The summed E-state index contributed by atoms with van der Waals surface area (Å²) >= 11 is 0. The molecule has 77 heavy (non-hydrogen) atoms. The molecule has 0 heterocycles. The van der Waals surface area contributed by atoms with Gasteiger partial charge < -0.3 is 14.2 Å². The van der Waals surface area contributed by atoms with Gasteiger partial charge in [-0.2, -0.15) is 0 Å². The Morgan fingerprint density at radius 2 is 0.506 bits per heavy atom. The summed E-state index contributed by atoms with van der Waals surface area (Å²) < 4.78 is 16.9. The van der Waals surface area contributed by atoms with E-state index < -0.39 is 6.10 Å². The van der Waals surface area contributed by atoms with Gasteiger partial charge in [-0.15, -0.1) is 0 Å². The van der Waals surface area contributed by atoms with Crippen LogP contribution in [0.25, 0.3) is 0 Å². The zero-order chi connectivity index (χ0) is 55.7. The van der Waals surface area contributed by atoms with Crippen LogP contribution in [0, 0.1) is 0 Å². The lowest BCUT2D eigenvalue weighted by atomic mass is 10.0. The quantitative estimate of drug-likeness (QED) is 0.0261. The summed E-state index contributed by atoms with van der Waals surface area (Å²) in [6.07, 6.45) is 86.0. The highest BCUT2D eigenvalue weighted by atomic mass is 16.6. The number of rotatable bonds is 60. The molecule has 0 aromatic carbocycles. The Bertz CT molecular complexity index is 1470. The summed E-state index contributed by atoms with van der Waals surface area (Å²) in [6, 6.07) is 0. The number of hydrogen-bond donors (Lipinski definition) is 0. The molecule has 0 aliphatic rings. The van der Waals surface area contributed by atoms with Gasteiger partial charge >= 0.3 is 17.9 Å². The minimum absolute atomic E-state index is 0.0743. The number of allylic oxidation sites excluding steroid dienone is 14. The maximum atomic E-state index is 12.9. The van der Waals surface area contributed by atoms with Gasteiger partial charge in [0.1, 0.15) is 13.2 Å². The number of hydrogen-bond acceptors (Lipinski definition) is 6. The topological polar surface area (TPSA) is 78.9 Å². The predicted octanol–water partition coefficient (Wildman–Crippen LogP) is 22.7. The molecule has 6 nitrogen and oxygen atoms in total. The molecule has 0 amide bonds. The van der Waals surface area contributed by atoms with Crippen molar-refractivity contribution < 1.29 is 28.6 Å². The molecule has 0 rings (SSSR count). The van der Waals surface area contributed by atoms with Crippen molar-refractivity contribution in [2.45, 2.75) is 335 Å². The monoisotopic (exact) mass is 1070 g/mol. The van der Waals surface area contributed by atoms with Gasteiger partial charge in [-0.1, -0.05) is 298 Å². The fraction of sp³-hybridized carbons (Fsp3) is 0.761. The van der Waals surface area contributed by atoms with Crippen molar-refractivity contribution in [3.63, 3.8) is 0 Å². The smallest absolute Gasteiger partial charge is 0.306 e. The summed E-state index contributed by atoms with van der Waals surface area (Å²) in [5, 5.41) is 0. The van der Waals surface area contributed by atoms with Gasteiger partial charge in [0.15, 0.2) is 6.10 Å². The van der Waals surface area contributed by atoms with Crippen LogP contribution >= 0.6 is 0 Å². The molecule has 0 aromatic rings.